The molecule has 0 heterocycles. The van der Waals surface area contributed by atoms with Gasteiger partial charge < -0.3 is 0 Å². The lowest BCUT2D eigenvalue weighted by Crippen LogP contribution is -2.21. The van der Waals surface area contributed by atoms with Crippen LogP contribution in [-0.2, 0) is 0 Å². The molecule has 0 aromatic heterocycles. The van der Waals surface area contributed by atoms with E-state index in [-0.39, 0.29) is 0 Å². The summed E-state index contributed by atoms with van der Waals surface area (Å²) >= 11 is 0. The van der Waals surface area contributed by atoms with E-state index in [9.17, 15) is 0 Å². The van der Waals surface area contributed by atoms with Crippen molar-refractivity contribution in [2.75, 3.05) is 0 Å². The van der Waals surface area contributed by atoms with Gasteiger partial charge in [-0.05, 0) is 24.2 Å². The van der Waals surface area contributed by atoms with Gasteiger partial charge in [-0.15, -0.1) is 0 Å². The first kappa shape index (κ1) is 7.11. The number of rotatable bonds is 0. The lowest BCUT2D eigenvalue weighted by atomic mass is 9.73. The molecule has 0 aromatic carbocycles. The molecule has 1 fully saturated rings. The van der Waals surface area contributed by atoms with Crippen molar-refractivity contribution in [2.45, 2.75) is 40.0 Å². The van der Waals surface area contributed by atoms with Crippen LogP contribution in [-0.4, -0.2) is 0 Å². The smallest absolute Gasteiger partial charge is 0.0301 e. The van der Waals surface area contributed by atoms with Crippen LogP contribution in [0.4, 0.5) is 0 Å². The second-order valence-electron chi connectivity index (χ2n) is 4.02. The molecule has 1 aliphatic carbocycles. The van der Waals surface area contributed by atoms with Gasteiger partial charge in [-0.2, -0.15) is 0 Å². The van der Waals surface area contributed by atoms with E-state index in [4.69, 9.17) is 0 Å². The topological polar surface area (TPSA) is 0 Å². The Hall–Kier alpha value is 0. The average Bonchev–Trinajstić information content (AvgIpc) is 1.60. The largest absolute Gasteiger partial charge is 0.0622 e. The molecule has 0 heteroatoms. The van der Waals surface area contributed by atoms with E-state index < -0.39 is 0 Å². The Morgan fingerprint density at radius 3 is 2.44 bits per heavy atom. The Morgan fingerprint density at radius 1 is 1.44 bits per heavy atom. The van der Waals surface area contributed by atoms with Gasteiger partial charge in [0, 0.05) is 0 Å². The van der Waals surface area contributed by atoms with Crippen molar-refractivity contribution >= 4 is 0 Å². The minimum absolute atomic E-state index is 0.525. The van der Waals surface area contributed by atoms with Crippen LogP contribution in [0.15, 0.2) is 0 Å². The van der Waals surface area contributed by atoms with Gasteiger partial charge in [-0.1, -0.05) is 33.6 Å². The highest BCUT2D eigenvalue weighted by atomic mass is 14.3. The zero-order chi connectivity index (χ0) is 6.91. The summed E-state index contributed by atoms with van der Waals surface area (Å²) in [5, 5.41) is 0. The van der Waals surface area contributed by atoms with Crippen LogP contribution < -0.4 is 0 Å². The predicted octanol–water partition coefficient (Wildman–Crippen LogP) is 3.04. The Labute approximate surface area is 58.7 Å². The molecule has 53 valence electrons. The minimum atomic E-state index is 0.525. The monoisotopic (exact) mass is 125 g/mol. The van der Waals surface area contributed by atoms with Crippen molar-refractivity contribution in [3.05, 3.63) is 6.42 Å². The summed E-state index contributed by atoms with van der Waals surface area (Å²) in [7, 11) is 0. The van der Waals surface area contributed by atoms with Gasteiger partial charge in [0.1, 0.15) is 0 Å². The molecule has 0 N–H and O–H groups in total. The van der Waals surface area contributed by atoms with E-state index in [0.29, 0.717) is 5.41 Å². The standard InChI is InChI=1S/C9H17/c1-8-5-4-6-9(2,3)7-8/h7-8H,4-6H2,1-3H3/t8-/m1/s1. The summed E-state index contributed by atoms with van der Waals surface area (Å²) in [4.78, 5) is 0. The Morgan fingerprint density at radius 2 is 2.11 bits per heavy atom. The molecule has 1 atom stereocenters. The Bertz CT molecular complexity index is 92.2. The summed E-state index contributed by atoms with van der Waals surface area (Å²) in [5.41, 5.74) is 0.525. The third kappa shape index (κ3) is 2.00. The SMILES string of the molecule is C[C@H]1[CH]C(C)(C)CCC1. The van der Waals surface area contributed by atoms with Crippen LogP contribution in [0.3, 0.4) is 0 Å². The molecule has 1 rings (SSSR count). The molecule has 0 amide bonds. The first-order chi connectivity index (χ1) is 4.10. The Kier molecular flexibility index (Phi) is 1.83. The van der Waals surface area contributed by atoms with Gasteiger partial charge >= 0.3 is 0 Å². The summed E-state index contributed by atoms with van der Waals surface area (Å²) in [6.45, 7) is 6.99. The maximum Gasteiger partial charge on any atom is -0.0301 e. The summed E-state index contributed by atoms with van der Waals surface area (Å²) < 4.78 is 0. The molecule has 0 nitrogen and oxygen atoms in total. The normalized spacial score (nSPS) is 34.3. The lowest BCUT2D eigenvalue weighted by Gasteiger charge is -2.32. The van der Waals surface area contributed by atoms with Gasteiger partial charge in [0.25, 0.3) is 0 Å². The van der Waals surface area contributed by atoms with Gasteiger partial charge in [-0.3, -0.25) is 0 Å². The van der Waals surface area contributed by atoms with Gasteiger partial charge in [0.05, 0.1) is 0 Å². The molecule has 0 unspecified atom stereocenters. The molecular formula is C9H17. The highest BCUT2D eigenvalue weighted by Gasteiger charge is 2.25. The first-order valence-electron chi connectivity index (χ1n) is 3.96. The maximum atomic E-state index is 2.50. The van der Waals surface area contributed by atoms with Gasteiger partial charge in [-0.25, -0.2) is 0 Å². The van der Waals surface area contributed by atoms with E-state index in [1.165, 1.54) is 19.3 Å². The van der Waals surface area contributed by atoms with Crippen LogP contribution in [0, 0.1) is 17.8 Å². The van der Waals surface area contributed by atoms with Crippen molar-refractivity contribution < 1.29 is 0 Å². The van der Waals surface area contributed by atoms with E-state index in [1.54, 1.807) is 0 Å². The number of hydrogen-bond acceptors (Lipinski definition) is 0. The fourth-order valence-electron chi connectivity index (χ4n) is 1.82. The third-order valence-electron chi connectivity index (χ3n) is 2.22. The second-order valence-corrected chi connectivity index (χ2v) is 4.02. The first-order valence-corrected chi connectivity index (χ1v) is 3.96. The fourth-order valence-corrected chi connectivity index (χ4v) is 1.82. The number of hydrogen-bond donors (Lipinski definition) is 0. The van der Waals surface area contributed by atoms with Crippen molar-refractivity contribution in [1.29, 1.82) is 0 Å². The molecule has 1 saturated carbocycles. The molecule has 0 spiro atoms. The molecule has 9 heavy (non-hydrogen) atoms. The highest BCUT2D eigenvalue weighted by molar-refractivity contribution is 4.92. The van der Waals surface area contributed by atoms with Crippen LogP contribution in [0.5, 0.6) is 0 Å². The predicted molar refractivity (Wildman–Crippen MR) is 41.1 cm³/mol. The molecule has 1 aliphatic rings. The molecule has 1 radical (unpaired) electrons. The lowest BCUT2D eigenvalue weighted by molar-refractivity contribution is 0.281. The van der Waals surface area contributed by atoms with Crippen molar-refractivity contribution in [3.8, 4) is 0 Å². The van der Waals surface area contributed by atoms with Crippen LogP contribution >= 0.6 is 0 Å². The van der Waals surface area contributed by atoms with E-state index in [0.717, 1.165) is 5.92 Å². The zero-order valence-electron chi connectivity index (χ0n) is 6.78. The molecule has 0 aliphatic heterocycles. The Balaban J connectivity index is 2.41. The second kappa shape index (κ2) is 2.32. The third-order valence-corrected chi connectivity index (χ3v) is 2.22. The average molecular weight is 125 g/mol. The summed E-state index contributed by atoms with van der Waals surface area (Å²) in [6.07, 6.45) is 6.71. The van der Waals surface area contributed by atoms with Crippen LogP contribution in [0.25, 0.3) is 0 Å². The molecule has 0 aromatic rings. The van der Waals surface area contributed by atoms with Gasteiger partial charge in [0.15, 0.2) is 0 Å². The van der Waals surface area contributed by atoms with Crippen LogP contribution in [0.1, 0.15) is 40.0 Å². The van der Waals surface area contributed by atoms with Crippen molar-refractivity contribution in [3.63, 3.8) is 0 Å². The molecule has 0 bridgehead atoms. The van der Waals surface area contributed by atoms with Gasteiger partial charge in [0.2, 0.25) is 0 Å². The van der Waals surface area contributed by atoms with Crippen molar-refractivity contribution in [1.82, 2.24) is 0 Å². The maximum absolute atomic E-state index is 2.50. The molecule has 0 saturated heterocycles. The van der Waals surface area contributed by atoms with E-state index in [2.05, 4.69) is 27.2 Å². The van der Waals surface area contributed by atoms with E-state index in [1.807, 2.05) is 0 Å². The summed E-state index contributed by atoms with van der Waals surface area (Å²) in [5.74, 6) is 0.855. The minimum Gasteiger partial charge on any atom is -0.0622 e. The highest BCUT2D eigenvalue weighted by Crippen LogP contribution is 2.36. The van der Waals surface area contributed by atoms with E-state index >= 15 is 0 Å². The van der Waals surface area contributed by atoms with Crippen molar-refractivity contribution in [2.24, 2.45) is 11.3 Å². The zero-order valence-corrected chi connectivity index (χ0v) is 6.78. The summed E-state index contributed by atoms with van der Waals surface area (Å²) in [6, 6.07) is 0. The fraction of sp³-hybridized carbons (Fsp3) is 0.889. The van der Waals surface area contributed by atoms with Crippen LogP contribution in [0.2, 0.25) is 0 Å². The quantitative estimate of drug-likeness (QED) is 0.467. The molecular weight excluding hydrogens is 108 g/mol.